The summed E-state index contributed by atoms with van der Waals surface area (Å²) in [4.78, 5) is 28.9. The minimum absolute atomic E-state index is 0.0441. The average Bonchev–Trinajstić information content (AvgIpc) is 3.13. The van der Waals surface area contributed by atoms with Gasteiger partial charge in [-0.25, -0.2) is 4.98 Å². The number of carbonyl (C=O) groups is 1. The van der Waals surface area contributed by atoms with E-state index >= 15 is 0 Å². The minimum Gasteiger partial charge on any atom is -0.350 e. The quantitative estimate of drug-likeness (QED) is 0.911. The monoisotopic (exact) mass is 339 g/mol. The summed E-state index contributed by atoms with van der Waals surface area (Å²) in [5, 5.41) is 2.86. The molecule has 1 heterocycles. The molecule has 0 unspecified atom stereocenters. The molecule has 0 radical (unpaired) electrons. The number of hydrogen-bond acceptors (Lipinski definition) is 3. The number of rotatable bonds is 5. The second-order valence-corrected chi connectivity index (χ2v) is 6.88. The summed E-state index contributed by atoms with van der Waals surface area (Å²) in [5.74, 6) is 0.318. The molecular formula is C20H25N3O2. The lowest BCUT2D eigenvalue weighted by atomic mass is 10.0. The zero-order valence-electron chi connectivity index (χ0n) is 14.9. The van der Waals surface area contributed by atoms with Crippen molar-refractivity contribution in [2.75, 3.05) is 6.54 Å². The van der Waals surface area contributed by atoms with E-state index < -0.39 is 0 Å². The van der Waals surface area contributed by atoms with Gasteiger partial charge in [0, 0.05) is 30.6 Å². The minimum atomic E-state index is -0.119. The summed E-state index contributed by atoms with van der Waals surface area (Å²) in [6.07, 6.45) is 6.31. The van der Waals surface area contributed by atoms with Crippen molar-refractivity contribution < 1.29 is 4.79 Å². The molecule has 1 fully saturated rings. The Labute approximate surface area is 148 Å². The van der Waals surface area contributed by atoms with Gasteiger partial charge in [-0.15, -0.1) is 0 Å². The Balaban J connectivity index is 1.57. The molecule has 1 amide bonds. The molecule has 1 saturated carbocycles. The number of carbonyl (C=O) groups excluding carboxylic acids is 1. The van der Waals surface area contributed by atoms with Gasteiger partial charge in [-0.05, 0) is 49.9 Å². The van der Waals surface area contributed by atoms with E-state index in [0.29, 0.717) is 24.6 Å². The number of nitrogens with zero attached hydrogens (tertiary/aromatic N) is 2. The van der Waals surface area contributed by atoms with Crippen LogP contribution >= 0.6 is 0 Å². The third-order valence-corrected chi connectivity index (χ3v) is 5.08. The van der Waals surface area contributed by atoms with Gasteiger partial charge in [-0.1, -0.05) is 18.9 Å². The molecule has 132 valence electrons. The highest BCUT2D eigenvalue weighted by molar-refractivity contribution is 5.94. The van der Waals surface area contributed by atoms with E-state index in [1.165, 1.54) is 12.8 Å². The Morgan fingerprint density at radius 1 is 1.20 bits per heavy atom. The number of amides is 1. The third-order valence-electron chi connectivity index (χ3n) is 5.08. The molecule has 2 aromatic rings. The van der Waals surface area contributed by atoms with Gasteiger partial charge in [0.15, 0.2) is 0 Å². The van der Waals surface area contributed by atoms with Gasteiger partial charge >= 0.3 is 0 Å². The van der Waals surface area contributed by atoms with Crippen LogP contribution in [0.25, 0.3) is 0 Å². The van der Waals surface area contributed by atoms with Crippen molar-refractivity contribution in [3.8, 4) is 0 Å². The third kappa shape index (κ3) is 4.16. The largest absolute Gasteiger partial charge is 0.350 e. The molecule has 1 aromatic heterocycles. The van der Waals surface area contributed by atoms with Gasteiger partial charge in [-0.3, -0.25) is 14.2 Å². The molecule has 0 spiro atoms. The number of aryl methyl sites for hydroxylation is 2. The highest BCUT2D eigenvalue weighted by Gasteiger charge is 2.18. The van der Waals surface area contributed by atoms with E-state index in [4.69, 9.17) is 0 Å². The molecule has 0 bridgehead atoms. The highest BCUT2D eigenvalue weighted by atomic mass is 16.1. The Morgan fingerprint density at radius 2 is 1.96 bits per heavy atom. The molecule has 0 atom stereocenters. The van der Waals surface area contributed by atoms with Gasteiger partial charge in [-0.2, -0.15) is 0 Å². The molecule has 5 nitrogen and oxygen atoms in total. The van der Waals surface area contributed by atoms with Crippen LogP contribution in [0.1, 0.15) is 58.8 Å². The van der Waals surface area contributed by atoms with E-state index in [9.17, 15) is 9.59 Å². The van der Waals surface area contributed by atoms with Crippen molar-refractivity contribution in [1.82, 2.24) is 14.9 Å². The Kier molecular flexibility index (Phi) is 5.31. The summed E-state index contributed by atoms with van der Waals surface area (Å²) < 4.78 is 1.55. The van der Waals surface area contributed by atoms with Gasteiger partial charge < -0.3 is 5.32 Å². The zero-order chi connectivity index (χ0) is 17.8. The Morgan fingerprint density at radius 3 is 2.64 bits per heavy atom. The van der Waals surface area contributed by atoms with Crippen LogP contribution in [0.15, 0.2) is 35.4 Å². The molecule has 3 rings (SSSR count). The second-order valence-electron chi connectivity index (χ2n) is 6.88. The number of benzene rings is 1. The summed E-state index contributed by atoms with van der Waals surface area (Å²) in [6.45, 7) is 4.83. The summed E-state index contributed by atoms with van der Waals surface area (Å²) in [7, 11) is 0. The number of aromatic nitrogens is 2. The Bertz CT molecular complexity index is 820. The summed E-state index contributed by atoms with van der Waals surface area (Å²) >= 11 is 0. The maximum Gasteiger partial charge on any atom is 0.253 e. The van der Waals surface area contributed by atoms with Crippen molar-refractivity contribution in [2.24, 2.45) is 0 Å². The van der Waals surface area contributed by atoms with Crippen LogP contribution in [-0.2, 0) is 6.54 Å². The van der Waals surface area contributed by atoms with Crippen LogP contribution in [0.4, 0.5) is 0 Å². The fraction of sp³-hybridized carbons (Fsp3) is 0.450. The molecule has 1 aliphatic carbocycles. The maximum atomic E-state index is 12.2. The van der Waals surface area contributed by atoms with Crippen LogP contribution in [0.5, 0.6) is 0 Å². The second kappa shape index (κ2) is 7.64. The number of hydrogen-bond donors (Lipinski definition) is 1. The molecule has 0 saturated heterocycles. The van der Waals surface area contributed by atoms with Crippen LogP contribution in [0.3, 0.4) is 0 Å². The van der Waals surface area contributed by atoms with Crippen molar-refractivity contribution in [3.05, 3.63) is 63.3 Å². The molecule has 1 aromatic carbocycles. The van der Waals surface area contributed by atoms with Gasteiger partial charge in [0.2, 0.25) is 0 Å². The van der Waals surface area contributed by atoms with E-state index in [2.05, 4.69) is 10.3 Å². The smallest absolute Gasteiger partial charge is 0.253 e. The average molecular weight is 339 g/mol. The molecule has 1 N–H and O–H groups in total. The molecule has 25 heavy (non-hydrogen) atoms. The predicted molar refractivity (Wildman–Crippen MR) is 98.0 cm³/mol. The first-order valence-corrected chi connectivity index (χ1v) is 8.96. The van der Waals surface area contributed by atoms with Gasteiger partial charge in [0.25, 0.3) is 11.5 Å². The predicted octanol–water partition coefficient (Wildman–Crippen LogP) is 2.95. The lowest BCUT2D eigenvalue weighted by molar-refractivity contribution is 0.0952. The SMILES string of the molecule is Cc1ccc(C(=O)NCCn2cnc(C3CCCC3)cc2=O)cc1C. The van der Waals surface area contributed by atoms with Crippen molar-refractivity contribution in [3.63, 3.8) is 0 Å². The normalized spacial score (nSPS) is 14.6. The first-order valence-electron chi connectivity index (χ1n) is 8.96. The highest BCUT2D eigenvalue weighted by Crippen LogP contribution is 2.32. The first kappa shape index (κ1) is 17.4. The van der Waals surface area contributed by atoms with Crippen molar-refractivity contribution >= 4 is 5.91 Å². The molecule has 1 aliphatic rings. The fourth-order valence-corrected chi connectivity index (χ4v) is 3.33. The van der Waals surface area contributed by atoms with E-state index in [1.807, 2.05) is 32.0 Å². The lowest BCUT2D eigenvalue weighted by Gasteiger charge is -2.11. The van der Waals surface area contributed by atoms with Crippen LogP contribution in [0, 0.1) is 13.8 Å². The number of nitrogens with one attached hydrogen (secondary N) is 1. The lowest BCUT2D eigenvalue weighted by Crippen LogP contribution is -2.31. The Hall–Kier alpha value is -2.43. The van der Waals surface area contributed by atoms with Crippen molar-refractivity contribution in [1.29, 1.82) is 0 Å². The van der Waals surface area contributed by atoms with E-state index in [-0.39, 0.29) is 11.5 Å². The topological polar surface area (TPSA) is 64.0 Å². The van der Waals surface area contributed by atoms with Crippen LogP contribution in [0.2, 0.25) is 0 Å². The standard InChI is InChI=1S/C20H25N3O2/c1-14-7-8-17(11-15(14)2)20(25)21-9-10-23-13-22-18(12-19(23)24)16-5-3-4-6-16/h7-8,11-13,16H,3-6,9-10H2,1-2H3,(H,21,25). The first-order chi connectivity index (χ1) is 12.0. The van der Waals surface area contributed by atoms with Crippen molar-refractivity contribution in [2.45, 2.75) is 52.0 Å². The fourth-order valence-electron chi connectivity index (χ4n) is 3.33. The maximum absolute atomic E-state index is 12.2. The molecular weight excluding hydrogens is 314 g/mol. The van der Waals surface area contributed by atoms with Gasteiger partial charge in [0.05, 0.1) is 12.0 Å². The zero-order valence-corrected chi connectivity index (χ0v) is 14.9. The molecule has 0 aliphatic heterocycles. The summed E-state index contributed by atoms with van der Waals surface area (Å²) in [6, 6.07) is 7.30. The van der Waals surface area contributed by atoms with E-state index in [0.717, 1.165) is 29.7 Å². The summed E-state index contributed by atoms with van der Waals surface area (Å²) in [5.41, 5.74) is 3.77. The van der Waals surface area contributed by atoms with Gasteiger partial charge in [0.1, 0.15) is 0 Å². The molecule has 5 heteroatoms. The van der Waals surface area contributed by atoms with Crippen LogP contribution in [-0.4, -0.2) is 22.0 Å². The van der Waals surface area contributed by atoms with E-state index in [1.54, 1.807) is 17.0 Å². The van der Waals surface area contributed by atoms with Crippen LogP contribution < -0.4 is 10.9 Å².